The number of hydrogen-bond acceptors (Lipinski definition) is 3. The third-order valence-corrected chi connectivity index (χ3v) is 5.81. The van der Waals surface area contributed by atoms with Gasteiger partial charge in [-0.3, -0.25) is 4.72 Å². The molecule has 5 nitrogen and oxygen atoms in total. The fourth-order valence-electron chi connectivity index (χ4n) is 2.94. The van der Waals surface area contributed by atoms with E-state index in [4.69, 9.17) is 5.11 Å². The van der Waals surface area contributed by atoms with Crippen LogP contribution in [0.5, 0.6) is 0 Å². The summed E-state index contributed by atoms with van der Waals surface area (Å²) in [5.74, 6) is -0.939. The van der Waals surface area contributed by atoms with Crippen LogP contribution in [-0.2, 0) is 22.9 Å². The average molecular weight is 395 g/mol. The van der Waals surface area contributed by atoms with Crippen LogP contribution in [0.2, 0.25) is 0 Å². The molecule has 0 atom stereocenters. The van der Waals surface area contributed by atoms with Crippen LogP contribution in [-0.4, -0.2) is 19.5 Å². The van der Waals surface area contributed by atoms with E-state index in [0.717, 1.165) is 24.0 Å². The Morgan fingerprint density at radius 3 is 2.14 bits per heavy atom. The molecule has 0 bridgehead atoms. The van der Waals surface area contributed by atoms with Crippen molar-refractivity contribution in [2.45, 2.75) is 24.2 Å². The quantitative estimate of drug-likeness (QED) is 0.594. The van der Waals surface area contributed by atoms with Crippen LogP contribution < -0.4 is 4.72 Å². The Morgan fingerprint density at radius 1 is 0.821 bits per heavy atom. The minimum Gasteiger partial charge on any atom is -0.478 e. The van der Waals surface area contributed by atoms with E-state index in [1.165, 1.54) is 0 Å². The first-order valence-electron chi connectivity index (χ1n) is 8.94. The normalized spacial score (nSPS) is 11.1. The topological polar surface area (TPSA) is 83.5 Å². The number of carboxylic acid groups (broad SMARTS) is 1. The molecule has 0 saturated carbocycles. The van der Waals surface area contributed by atoms with Gasteiger partial charge in [-0.25, -0.2) is 13.2 Å². The number of rotatable bonds is 8. The van der Waals surface area contributed by atoms with Gasteiger partial charge in [0.05, 0.1) is 16.1 Å². The van der Waals surface area contributed by atoms with Crippen LogP contribution in [0.1, 0.15) is 27.9 Å². The lowest BCUT2D eigenvalue weighted by atomic mass is 10.0. The first-order valence-corrected chi connectivity index (χ1v) is 10.4. The van der Waals surface area contributed by atoms with Gasteiger partial charge in [-0.2, -0.15) is 0 Å². The Kier molecular flexibility index (Phi) is 6.11. The van der Waals surface area contributed by atoms with Crippen LogP contribution in [0.15, 0.2) is 83.8 Å². The van der Waals surface area contributed by atoms with E-state index in [0.29, 0.717) is 12.1 Å². The smallest absolute Gasteiger partial charge is 0.335 e. The SMILES string of the molecule is O=C(O)c1ccc(CCCc2ccccc2NS(=O)(=O)c2ccccc2)cc1. The summed E-state index contributed by atoms with van der Waals surface area (Å²) in [6, 6.07) is 22.5. The van der Waals surface area contributed by atoms with Gasteiger partial charge in [0.1, 0.15) is 0 Å². The summed E-state index contributed by atoms with van der Waals surface area (Å²) < 4.78 is 27.8. The summed E-state index contributed by atoms with van der Waals surface area (Å²) in [4.78, 5) is 11.1. The Bertz CT molecular complexity index is 1050. The van der Waals surface area contributed by atoms with Crippen molar-refractivity contribution in [2.24, 2.45) is 0 Å². The lowest BCUT2D eigenvalue weighted by molar-refractivity contribution is 0.0697. The maximum Gasteiger partial charge on any atom is 0.335 e. The molecule has 3 aromatic carbocycles. The summed E-state index contributed by atoms with van der Waals surface area (Å²) in [6.45, 7) is 0. The first kappa shape index (κ1) is 19.6. The van der Waals surface area contributed by atoms with Crippen LogP contribution >= 0.6 is 0 Å². The lowest BCUT2D eigenvalue weighted by Crippen LogP contribution is -2.14. The lowest BCUT2D eigenvalue weighted by Gasteiger charge is -2.13. The second kappa shape index (κ2) is 8.71. The van der Waals surface area contributed by atoms with Crippen LogP contribution in [0.25, 0.3) is 0 Å². The van der Waals surface area contributed by atoms with E-state index in [-0.39, 0.29) is 10.5 Å². The van der Waals surface area contributed by atoms with Gasteiger partial charge in [-0.1, -0.05) is 48.5 Å². The van der Waals surface area contributed by atoms with Gasteiger partial charge in [-0.15, -0.1) is 0 Å². The maximum atomic E-state index is 12.6. The van der Waals surface area contributed by atoms with Crippen molar-refractivity contribution in [1.82, 2.24) is 0 Å². The maximum absolute atomic E-state index is 12.6. The predicted molar refractivity (Wildman–Crippen MR) is 109 cm³/mol. The largest absolute Gasteiger partial charge is 0.478 e. The molecule has 0 aliphatic rings. The average Bonchev–Trinajstić information content (AvgIpc) is 2.70. The Balaban J connectivity index is 1.66. The van der Waals surface area contributed by atoms with E-state index in [1.807, 2.05) is 24.3 Å². The number of carboxylic acids is 1. The Labute approximate surface area is 164 Å². The van der Waals surface area contributed by atoms with Crippen molar-refractivity contribution in [1.29, 1.82) is 0 Å². The monoisotopic (exact) mass is 395 g/mol. The number of carbonyl (C=O) groups is 1. The van der Waals surface area contributed by atoms with Gasteiger partial charge >= 0.3 is 5.97 Å². The predicted octanol–water partition coefficient (Wildman–Crippen LogP) is 4.36. The molecule has 0 saturated heterocycles. The van der Waals surface area contributed by atoms with Gasteiger partial charge in [0.25, 0.3) is 10.0 Å². The van der Waals surface area contributed by atoms with Crippen molar-refractivity contribution in [3.8, 4) is 0 Å². The summed E-state index contributed by atoms with van der Waals surface area (Å²) in [6.07, 6.45) is 2.30. The molecular weight excluding hydrogens is 374 g/mol. The second-order valence-corrected chi connectivity index (χ2v) is 8.11. The van der Waals surface area contributed by atoms with Crippen LogP contribution in [0, 0.1) is 0 Å². The number of nitrogens with one attached hydrogen (secondary N) is 1. The molecule has 28 heavy (non-hydrogen) atoms. The highest BCUT2D eigenvalue weighted by Crippen LogP contribution is 2.22. The molecule has 0 heterocycles. The fourth-order valence-corrected chi connectivity index (χ4v) is 4.06. The molecule has 0 aliphatic heterocycles. The number of benzene rings is 3. The molecular formula is C22H21NO4S. The van der Waals surface area contributed by atoms with Crippen molar-refractivity contribution in [3.05, 3.63) is 95.6 Å². The molecule has 0 spiro atoms. The molecule has 0 amide bonds. The number of aryl methyl sites for hydroxylation is 2. The number of para-hydroxylation sites is 1. The molecule has 0 fully saturated rings. The van der Waals surface area contributed by atoms with Crippen molar-refractivity contribution >= 4 is 21.7 Å². The third kappa shape index (κ3) is 4.98. The summed E-state index contributed by atoms with van der Waals surface area (Å²) in [7, 11) is -3.63. The molecule has 3 aromatic rings. The highest BCUT2D eigenvalue weighted by Gasteiger charge is 2.15. The molecule has 6 heteroatoms. The molecule has 144 valence electrons. The van der Waals surface area contributed by atoms with E-state index < -0.39 is 16.0 Å². The van der Waals surface area contributed by atoms with Gasteiger partial charge in [-0.05, 0) is 60.7 Å². The van der Waals surface area contributed by atoms with Gasteiger partial charge in [0.2, 0.25) is 0 Å². The number of anilines is 1. The fraction of sp³-hybridized carbons (Fsp3) is 0.136. The molecule has 2 N–H and O–H groups in total. The van der Waals surface area contributed by atoms with E-state index >= 15 is 0 Å². The molecule has 3 rings (SSSR count). The zero-order valence-electron chi connectivity index (χ0n) is 15.2. The highest BCUT2D eigenvalue weighted by molar-refractivity contribution is 7.92. The van der Waals surface area contributed by atoms with E-state index in [1.54, 1.807) is 54.6 Å². The minimum atomic E-state index is -3.63. The standard InChI is InChI=1S/C22H21NO4S/c24-22(25)19-15-13-17(14-16-19)7-6-9-18-8-4-5-12-21(18)23-28(26,27)20-10-2-1-3-11-20/h1-5,8,10-16,23H,6-7,9H2,(H,24,25). The van der Waals surface area contributed by atoms with Gasteiger partial charge in [0.15, 0.2) is 0 Å². The van der Waals surface area contributed by atoms with Gasteiger partial charge < -0.3 is 5.11 Å². The van der Waals surface area contributed by atoms with Crippen LogP contribution in [0.4, 0.5) is 5.69 Å². The molecule has 0 aromatic heterocycles. The molecule has 0 aliphatic carbocycles. The Hall–Kier alpha value is -3.12. The van der Waals surface area contributed by atoms with E-state index in [2.05, 4.69) is 4.72 Å². The number of aromatic carboxylic acids is 1. The summed E-state index contributed by atoms with van der Waals surface area (Å²) in [5, 5.41) is 8.95. The van der Waals surface area contributed by atoms with Gasteiger partial charge in [0, 0.05) is 0 Å². The summed E-state index contributed by atoms with van der Waals surface area (Å²) in [5.41, 5.74) is 2.81. The highest BCUT2D eigenvalue weighted by atomic mass is 32.2. The van der Waals surface area contributed by atoms with Crippen LogP contribution in [0.3, 0.4) is 0 Å². The zero-order chi connectivity index (χ0) is 20.0. The molecule has 0 unspecified atom stereocenters. The first-order chi connectivity index (χ1) is 13.5. The zero-order valence-corrected chi connectivity index (χ0v) is 16.0. The minimum absolute atomic E-state index is 0.225. The number of hydrogen-bond donors (Lipinski definition) is 2. The Morgan fingerprint density at radius 2 is 1.46 bits per heavy atom. The third-order valence-electron chi connectivity index (χ3n) is 4.43. The summed E-state index contributed by atoms with van der Waals surface area (Å²) >= 11 is 0. The second-order valence-electron chi connectivity index (χ2n) is 6.43. The van der Waals surface area contributed by atoms with E-state index in [9.17, 15) is 13.2 Å². The molecule has 0 radical (unpaired) electrons. The van der Waals surface area contributed by atoms with Crippen molar-refractivity contribution < 1.29 is 18.3 Å². The van der Waals surface area contributed by atoms with Crippen molar-refractivity contribution in [2.75, 3.05) is 4.72 Å². The number of sulfonamides is 1. The van der Waals surface area contributed by atoms with Crippen molar-refractivity contribution in [3.63, 3.8) is 0 Å².